The van der Waals surface area contributed by atoms with Gasteiger partial charge in [0.25, 0.3) is 12.3 Å². The molecule has 0 atom stereocenters. The van der Waals surface area contributed by atoms with Gasteiger partial charge in [-0.2, -0.15) is 15.4 Å². The van der Waals surface area contributed by atoms with Gasteiger partial charge in [0.2, 0.25) is 0 Å². The summed E-state index contributed by atoms with van der Waals surface area (Å²) in [4.78, 5) is 10.8. The molecule has 0 aromatic carbocycles. The molecule has 0 aliphatic rings. The van der Waals surface area contributed by atoms with Gasteiger partial charge in [0.05, 0.1) is 12.7 Å². The summed E-state index contributed by atoms with van der Waals surface area (Å²) in [5, 5.41) is 10.9. The van der Waals surface area contributed by atoms with Crippen molar-refractivity contribution in [2.75, 3.05) is 6.54 Å². The van der Waals surface area contributed by atoms with E-state index < -0.39 is 18.9 Å². The van der Waals surface area contributed by atoms with Crippen molar-refractivity contribution >= 4 is 5.91 Å². The minimum Gasteiger partial charge on any atom is -0.345 e. The van der Waals surface area contributed by atoms with Gasteiger partial charge in [0, 0.05) is 0 Å². The van der Waals surface area contributed by atoms with Crippen molar-refractivity contribution in [1.29, 1.82) is 0 Å². The lowest BCUT2D eigenvalue weighted by Gasteiger charge is -1.99. The predicted molar refractivity (Wildman–Crippen MR) is 34.7 cm³/mol. The summed E-state index contributed by atoms with van der Waals surface area (Å²) in [6.45, 7) is -0.675. The van der Waals surface area contributed by atoms with Crippen LogP contribution < -0.4 is 5.32 Å². The Morgan fingerprint density at radius 3 is 3.00 bits per heavy atom. The monoisotopic (exact) mass is 176 g/mol. The molecule has 0 spiro atoms. The van der Waals surface area contributed by atoms with Gasteiger partial charge in [-0.1, -0.05) is 0 Å². The van der Waals surface area contributed by atoms with Gasteiger partial charge in [-0.05, 0) is 0 Å². The van der Waals surface area contributed by atoms with Gasteiger partial charge in [-0.3, -0.25) is 4.79 Å². The number of aromatic nitrogens is 3. The number of alkyl halides is 2. The molecule has 0 bridgehead atoms. The third kappa shape index (κ3) is 2.26. The summed E-state index contributed by atoms with van der Waals surface area (Å²) in [5.74, 6) is -0.663. The van der Waals surface area contributed by atoms with Crippen LogP contribution in [0.5, 0.6) is 0 Å². The van der Waals surface area contributed by atoms with E-state index in [-0.39, 0.29) is 5.69 Å². The molecule has 1 aromatic rings. The van der Waals surface area contributed by atoms with Crippen molar-refractivity contribution in [3.8, 4) is 0 Å². The SMILES string of the molecule is O=C(NCC(F)F)c1cn[nH]n1. The van der Waals surface area contributed by atoms with E-state index in [0.717, 1.165) is 6.20 Å². The van der Waals surface area contributed by atoms with Crippen LogP contribution in [0.3, 0.4) is 0 Å². The molecule has 0 radical (unpaired) electrons. The second-order valence-electron chi connectivity index (χ2n) is 1.96. The fraction of sp³-hybridized carbons (Fsp3) is 0.400. The summed E-state index contributed by atoms with van der Waals surface area (Å²) in [5.41, 5.74) is -0.00403. The molecule has 0 unspecified atom stereocenters. The van der Waals surface area contributed by atoms with Crippen LogP contribution in [0.1, 0.15) is 10.5 Å². The summed E-state index contributed by atoms with van der Waals surface area (Å²) in [6.07, 6.45) is -1.40. The van der Waals surface area contributed by atoms with Crippen molar-refractivity contribution in [2.24, 2.45) is 0 Å². The fourth-order valence-corrected chi connectivity index (χ4v) is 0.571. The Bertz CT molecular complexity index is 248. The smallest absolute Gasteiger partial charge is 0.273 e. The zero-order valence-corrected chi connectivity index (χ0v) is 5.92. The molecule has 1 heterocycles. The topological polar surface area (TPSA) is 70.7 Å². The molecule has 1 amide bonds. The standard InChI is InChI=1S/C5H6F2N4O/c6-4(7)2-8-5(12)3-1-9-11-10-3/h1,4H,2H2,(H,8,12)(H,9,10,11). The van der Waals surface area contributed by atoms with Crippen LogP contribution >= 0.6 is 0 Å². The molecule has 7 heteroatoms. The average Bonchev–Trinajstić information content (AvgIpc) is 2.51. The molecule has 0 fully saturated rings. The summed E-state index contributed by atoms with van der Waals surface area (Å²) >= 11 is 0. The van der Waals surface area contributed by atoms with Crippen molar-refractivity contribution in [1.82, 2.24) is 20.7 Å². The second kappa shape index (κ2) is 3.74. The summed E-state index contributed by atoms with van der Waals surface area (Å²) in [6, 6.07) is 0. The lowest BCUT2D eigenvalue weighted by atomic mass is 10.4. The first-order valence-electron chi connectivity index (χ1n) is 3.12. The number of carbonyl (C=O) groups excluding carboxylic acids is 1. The maximum Gasteiger partial charge on any atom is 0.273 e. The van der Waals surface area contributed by atoms with Crippen LogP contribution in [-0.2, 0) is 0 Å². The first-order valence-corrected chi connectivity index (χ1v) is 3.12. The van der Waals surface area contributed by atoms with E-state index in [1.54, 1.807) is 0 Å². The van der Waals surface area contributed by atoms with Crippen LogP contribution in [-0.4, -0.2) is 34.3 Å². The molecule has 0 saturated carbocycles. The molecule has 5 nitrogen and oxygen atoms in total. The molecule has 2 N–H and O–H groups in total. The first kappa shape index (κ1) is 8.57. The van der Waals surface area contributed by atoms with Crippen LogP contribution in [0, 0.1) is 0 Å². The fourth-order valence-electron chi connectivity index (χ4n) is 0.571. The number of halogens is 2. The van der Waals surface area contributed by atoms with Gasteiger partial charge in [0.15, 0.2) is 5.69 Å². The number of hydrogen-bond acceptors (Lipinski definition) is 3. The third-order valence-electron chi connectivity index (χ3n) is 1.06. The molecular formula is C5H6F2N4O. The van der Waals surface area contributed by atoms with E-state index in [1.165, 1.54) is 0 Å². The van der Waals surface area contributed by atoms with Crippen LogP contribution in [0.15, 0.2) is 6.20 Å². The highest BCUT2D eigenvalue weighted by atomic mass is 19.3. The predicted octanol–water partition coefficient (Wildman–Crippen LogP) is -0.200. The van der Waals surface area contributed by atoms with E-state index >= 15 is 0 Å². The van der Waals surface area contributed by atoms with E-state index in [9.17, 15) is 13.6 Å². The first-order chi connectivity index (χ1) is 5.70. The lowest BCUT2D eigenvalue weighted by Crippen LogP contribution is -2.28. The van der Waals surface area contributed by atoms with Crippen molar-refractivity contribution in [3.63, 3.8) is 0 Å². The van der Waals surface area contributed by atoms with E-state index in [1.807, 2.05) is 5.32 Å². The zero-order chi connectivity index (χ0) is 8.97. The molecule has 0 aliphatic carbocycles. The van der Waals surface area contributed by atoms with Gasteiger partial charge >= 0.3 is 0 Å². The van der Waals surface area contributed by atoms with E-state index in [4.69, 9.17) is 0 Å². The highest BCUT2D eigenvalue weighted by Crippen LogP contribution is 1.91. The molecule has 0 saturated heterocycles. The van der Waals surface area contributed by atoms with Crippen LogP contribution in [0.4, 0.5) is 8.78 Å². The number of nitrogens with zero attached hydrogens (tertiary/aromatic N) is 2. The number of rotatable bonds is 3. The van der Waals surface area contributed by atoms with Crippen LogP contribution in [0.25, 0.3) is 0 Å². The highest BCUT2D eigenvalue weighted by molar-refractivity contribution is 5.91. The Morgan fingerprint density at radius 2 is 2.50 bits per heavy atom. The number of hydrogen-bond donors (Lipinski definition) is 2. The average molecular weight is 176 g/mol. The Labute approximate surface area is 66.2 Å². The molecule has 66 valence electrons. The Hall–Kier alpha value is -1.53. The van der Waals surface area contributed by atoms with Crippen molar-refractivity contribution in [2.45, 2.75) is 6.43 Å². The highest BCUT2D eigenvalue weighted by Gasteiger charge is 2.10. The Morgan fingerprint density at radius 1 is 1.75 bits per heavy atom. The molecule has 1 rings (SSSR count). The largest absolute Gasteiger partial charge is 0.345 e. The summed E-state index contributed by atoms with van der Waals surface area (Å²) < 4.78 is 23.2. The van der Waals surface area contributed by atoms with Gasteiger partial charge < -0.3 is 5.32 Å². The van der Waals surface area contributed by atoms with Gasteiger partial charge in [-0.25, -0.2) is 8.78 Å². The number of nitrogens with one attached hydrogen (secondary N) is 2. The maximum atomic E-state index is 11.6. The van der Waals surface area contributed by atoms with Gasteiger partial charge in [-0.15, -0.1) is 0 Å². The second-order valence-corrected chi connectivity index (χ2v) is 1.96. The minimum absolute atomic E-state index is 0.00403. The normalized spacial score (nSPS) is 10.2. The van der Waals surface area contributed by atoms with E-state index in [2.05, 4.69) is 15.4 Å². The van der Waals surface area contributed by atoms with Crippen molar-refractivity contribution in [3.05, 3.63) is 11.9 Å². The molecule has 12 heavy (non-hydrogen) atoms. The van der Waals surface area contributed by atoms with Crippen molar-refractivity contribution < 1.29 is 13.6 Å². The number of amides is 1. The quantitative estimate of drug-likeness (QED) is 0.669. The zero-order valence-electron chi connectivity index (χ0n) is 5.92. The molecule has 0 aliphatic heterocycles. The molecule has 1 aromatic heterocycles. The van der Waals surface area contributed by atoms with E-state index in [0.29, 0.717) is 0 Å². The van der Waals surface area contributed by atoms with Gasteiger partial charge in [0.1, 0.15) is 0 Å². The number of H-pyrrole nitrogens is 1. The molecular weight excluding hydrogens is 170 g/mol. The Balaban J connectivity index is 2.40. The third-order valence-corrected chi connectivity index (χ3v) is 1.06. The Kier molecular flexibility index (Phi) is 2.67. The number of carbonyl (C=O) groups is 1. The van der Waals surface area contributed by atoms with Crippen LogP contribution in [0.2, 0.25) is 0 Å². The minimum atomic E-state index is -2.55. The maximum absolute atomic E-state index is 11.6. The summed E-state index contributed by atoms with van der Waals surface area (Å²) in [7, 11) is 0. The lowest BCUT2D eigenvalue weighted by molar-refractivity contribution is 0.0887. The number of aromatic amines is 1.